The number of hydrogen-bond acceptors (Lipinski definition) is 2. The van der Waals surface area contributed by atoms with Crippen molar-refractivity contribution >= 4 is 26.0 Å². The lowest BCUT2D eigenvalue weighted by atomic mass is 9.75. The van der Waals surface area contributed by atoms with Crippen molar-refractivity contribution in [1.29, 1.82) is 0 Å². The second kappa shape index (κ2) is 5.15. The molecule has 15 heavy (non-hydrogen) atoms. The Bertz CT molecular complexity index is 289. The number of alkyl halides is 1. The summed E-state index contributed by atoms with van der Waals surface area (Å²) in [7, 11) is -3.04. The first-order chi connectivity index (χ1) is 6.99. The Kier molecular flexibility index (Phi) is 4.62. The van der Waals surface area contributed by atoms with Gasteiger partial charge in [0.05, 0.1) is 0 Å². The first-order valence-electron chi connectivity index (χ1n) is 5.53. The molecule has 0 unspecified atom stereocenters. The predicted molar refractivity (Wildman–Crippen MR) is 66.5 cm³/mol. The van der Waals surface area contributed by atoms with Crippen LogP contribution in [-0.4, -0.2) is 30.5 Å². The molecule has 0 aromatic carbocycles. The van der Waals surface area contributed by atoms with Gasteiger partial charge in [-0.1, -0.05) is 42.6 Å². The molecule has 0 spiro atoms. The molecule has 1 aliphatic rings. The molecule has 1 heterocycles. The van der Waals surface area contributed by atoms with Crippen molar-refractivity contribution in [2.75, 3.05) is 17.8 Å². The summed E-state index contributed by atoms with van der Waals surface area (Å²) in [5.74, 6) is 0. The van der Waals surface area contributed by atoms with E-state index in [4.69, 9.17) is 0 Å². The van der Waals surface area contributed by atoms with Gasteiger partial charge in [-0.2, -0.15) is 0 Å². The average molecular weight is 298 g/mol. The van der Waals surface area contributed by atoms with E-state index in [0.717, 1.165) is 25.7 Å². The highest BCUT2D eigenvalue weighted by Gasteiger charge is 2.34. The minimum atomic E-state index is -3.04. The minimum absolute atomic E-state index is 0.0469. The fraction of sp³-hybridized carbons (Fsp3) is 1.00. The van der Waals surface area contributed by atoms with Crippen LogP contribution in [0.2, 0.25) is 0 Å². The fourth-order valence-corrected chi connectivity index (χ4v) is 4.01. The van der Waals surface area contributed by atoms with Crippen molar-refractivity contribution in [3.63, 3.8) is 0 Å². The Morgan fingerprint density at radius 1 is 1.20 bits per heavy atom. The molecule has 1 aliphatic heterocycles. The van der Waals surface area contributed by atoms with Crippen molar-refractivity contribution in [2.24, 2.45) is 5.41 Å². The molecule has 90 valence electrons. The van der Waals surface area contributed by atoms with Gasteiger partial charge >= 0.3 is 0 Å². The van der Waals surface area contributed by atoms with Gasteiger partial charge in [-0.05, 0) is 18.3 Å². The number of rotatable bonds is 4. The maximum absolute atomic E-state index is 11.6. The topological polar surface area (TPSA) is 37.4 Å². The van der Waals surface area contributed by atoms with E-state index in [1.54, 1.807) is 4.31 Å². The van der Waals surface area contributed by atoms with Crippen molar-refractivity contribution < 1.29 is 8.42 Å². The first-order valence-corrected chi connectivity index (χ1v) is 8.26. The average Bonchev–Trinajstić information content (AvgIpc) is 2.29. The van der Waals surface area contributed by atoms with E-state index in [0.29, 0.717) is 18.5 Å². The maximum atomic E-state index is 11.6. The summed E-state index contributed by atoms with van der Waals surface area (Å²) >= 11 is 3.04. The third-order valence-corrected chi connectivity index (χ3v) is 6.98. The smallest absolute Gasteiger partial charge is 0.211 e. The Labute approximate surface area is 101 Å². The molecule has 0 aromatic heterocycles. The van der Waals surface area contributed by atoms with Crippen molar-refractivity contribution in [3.05, 3.63) is 0 Å². The zero-order valence-electron chi connectivity index (χ0n) is 9.50. The maximum Gasteiger partial charge on any atom is 0.224 e. The van der Waals surface area contributed by atoms with Crippen LogP contribution in [0.4, 0.5) is 0 Å². The largest absolute Gasteiger partial charge is 0.224 e. The quantitative estimate of drug-likeness (QED) is 0.748. The number of sulfonamides is 1. The SMILES string of the molecule is CCC1(CC)CCN(S(=O)(=O)CBr)CC1. The molecule has 0 N–H and O–H groups in total. The van der Waals surface area contributed by atoms with E-state index >= 15 is 0 Å². The van der Waals surface area contributed by atoms with E-state index in [1.165, 1.54) is 0 Å². The Hall–Kier alpha value is 0.390. The van der Waals surface area contributed by atoms with Crippen LogP contribution < -0.4 is 0 Å². The lowest BCUT2D eigenvalue weighted by Crippen LogP contribution is -2.43. The van der Waals surface area contributed by atoms with Crippen molar-refractivity contribution in [2.45, 2.75) is 39.5 Å². The fourth-order valence-electron chi connectivity index (χ4n) is 2.26. The minimum Gasteiger partial charge on any atom is -0.211 e. The molecule has 1 fully saturated rings. The molecule has 1 rings (SSSR count). The Balaban J connectivity index is 2.63. The van der Waals surface area contributed by atoms with E-state index in [-0.39, 0.29) is 4.66 Å². The van der Waals surface area contributed by atoms with Crippen LogP contribution in [-0.2, 0) is 10.0 Å². The van der Waals surface area contributed by atoms with E-state index in [2.05, 4.69) is 29.8 Å². The predicted octanol–water partition coefficient (Wildman–Crippen LogP) is 2.57. The third-order valence-electron chi connectivity index (χ3n) is 3.81. The summed E-state index contributed by atoms with van der Waals surface area (Å²) in [5.41, 5.74) is 0.387. The van der Waals surface area contributed by atoms with Crippen LogP contribution in [0.25, 0.3) is 0 Å². The van der Waals surface area contributed by atoms with E-state index < -0.39 is 10.0 Å². The van der Waals surface area contributed by atoms with Crippen LogP contribution in [0.1, 0.15) is 39.5 Å². The number of halogens is 1. The summed E-state index contributed by atoms with van der Waals surface area (Å²) in [5, 5.41) is 0. The summed E-state index contributed by atoms with van der Waals surface area (Å²) in [6.07, 6.45) is 4.33. The highest BCUT2D eigenvalue weighted by atomic mass is 79.9. The number of nitrogens with zero attached hydrogens (tertiary/aromatic N) is 1. The lowest BCUT2D eigenvalue weighted by Gasteiger charge is -2.40. The summed E-state index contributed by atoms with van der Waals surface area (Å²) in [4.78, 5) is 0. The number of hydrogen-bond donors (Lipinski definition) is 0. The molecular formula is C10H20BrNO2S. The molecule has 5 heteroatoms. The summed E-state index contributed by atoms with van der Waals surface area (Å²) in [6, 6.07) is 0. The van der Waals surface area contributed by atoms with Crippen molar-refractivity contribution in [1.82, 2.24) is 4.31 Å². The molecule has 1 saturated heterocycles. The van der Waals surface area contributed by atoms with Gasteiger partial charge in [-0.15, -0.1) is 0 Å². The highest BCUT2D eigenvalue weighted by Crippen LogP contribution is 2.38. The van der Waals surface area contributed by atoms with Crippen LogP contribution in [0.3, 0.4) is 0 Å². The van der Waals surface area contributed by atoms with Crippen LogP contribution in [0.15, 0.2) is 0 Å². The molecular weight excluding hydrogens is 278 g/mol. The Morgan fingerprint density at radius 3 is 2.00 bits per heavy atom. The van der Waals surface area contributed by atoms with Crippen LogP contribution in [0, 0.1) is 5.41 Å². The van der Waals surface area contributed by atoms with Crippen LogP contribution >= 0.6 is 15.9 Å². The van der Waals surface area contributed by atoms with Gasteiger partial charge in [0.1, 0.15) is 4.66 Å². The van der Waals surface area contributed by atoms with Gasteiger partial charge < -0.3 is 0 Å². The van der Waals surface area contributed by atoms with Gasteiger partial charge in [0, 0.05) is 13.1 Å². The molecule has 0 aromatic rings. The second-order valence-corrected chi connectivity index (χ2v) is 7.60. The Morgan fingerprint density at radius 2 is 1.67 bits per heavy atom. The molecule has 0 saturated carbocycles. The molecule has 0 bridgehead atoms. The summed E-state index contributed by atoms with van der Waals surface area (Å²) in [6.45, 7) is 5.79. The number of piperidine rings is 1. The molecule has 0 amide bonds. The first kappa shape index (κ1) is 13.5. The van der Waals surface area contributed by atoms with Gasteiger partial charge in [0.15, 0.2) is 0 Å². The third kappa shape index (κ3) is 2.94. The molecule has 0 atom stereocenters. The van der Waals surface area contributed by atoms with Crippen LogP contribution in [0.5, 0.6) is 0 Å². The van der Waals surface area contributed by atoms with Gasteiger partial charge in [0.25, 0.3) is 0 Å². The van der Waals surface area contributed by atoms with Gasteiger partial charge in [-0.25, -0.2) is 12.7 Å². The van der Waals surface area contributed by atoms with Crippen molar-refractivity contribution in [3.8, 4) is 0 Å². The molecule has 0 aliphatic carbocycles. The monoisotopic (exact) mass is 297 g/mol. The zero-order chi connectivity index (χ0) is 11.5. The second-order valence-electron chi connectivity index (χ2n) is 4.33. The lowest BCUT2D eigenvalue weighted by molar-refractivity contribution is 0.142. The standard InChI is InChI=1S/C10H20BrNO2S/c1-3-10(4-2)5-7-12(8-6-10)15(13,14)9-11/h3-9H2,1-2H3. The van der Waals surface area contributed by atoms with Gasteiger partial charge in [-0.3, -0.25) is 0 Å². The zero-order valence-corrected chi connectivity index (χ0v) is 11.9. The summed E-state index contributed by atoms with van der Waals surface area (Å²) < 4.78 is 24.9. The molecule has 3 nitrogen and oxygen atoms in total. The van der Waals surface area contributed by atoms with E-state index in [9.17, 15) is 8.42 Å². The van der Waals surface area contributed by atoms with Gasteiger partial charge in [0.2, 0.25) is 10.0 Å². The normalized spacial score (nSPS) is 22.9. The highest BCUT2D eigenvalue weighted by molar-refractivity contribution is 9.10. The van der Waals surface area contributed by atoms with E-state index in [1.807, 2.05) is 0 Å². The molecule has 0 radical (unpaired) electrons.